The zero-order valence-electron chi connectivity index (χ0n) is 17.4. The summed E-state index contributed by atoms with van der Waals surface area (Å²) in [6.07, 6.45) is 0. The van der Waals surface area contributed by atoms with Crippen LogP contribution >= 0.6 is 11.3 Å². The van der Waals surface area contributed by atoms with Crippen LogP contribution in [0.25, 0.3) is 0 Å². The zero-order valence-corrected chi connectivity index (χ0v) is 18.2. The molecule has 1 aromatic heterocycles. The molecule has 0 radical (unpaired) electrons. The summed E-state index contributed by atoms with van der Waals surface area (Å²) in [5.74, 6) is 1.73. The number of morpholine rings is 1. The number of rotatable bonds is 9. The minimum absolute atomic E-state index is 0.323. The second-order valence-corrected chi connectivity index (χ2v) is 7.82. The Balaban J connectivity index is 1.64. The number of ether oxygens (including phenoxy) is 2. The summed E-state index contributed by atoms with van der Waals surface area (Å²) in [6.45, 7) is 10.5. The van der Waals surface area contributed by atoms with Crippen molar-refractivity contribution in [3.05, 3.63) is 52.2 Å². The van der Waals surface area contributed by atoms with Crippen molar-refractivity contribution in [1.29, 1.82) is 0 Å². The summed E-state index contributed by atoms with van der Waals surface area (Å²) < 4.78 is 11.1. The maximum absolute atomic E-state index is 5.59. The molecule has 1 atom stereocenters. The van der Waals surface area contributed by atoms with Crippen molar-refractivity contribution in [1.82, 2.24) is 15.5 Å². The van der Waals surface area contributed by atoms with Gasteiger partial charge in [-0.25, -0.2) is 4.99 Å². The van der Waals surface area contributed by atoms with Crippen molar-refractivity contribution in [3.63, 3.8) is 0 Å². The molecule has 0 amide bonds. The van der Waals surface area contributed by atoms with E-state index in [-0.39, 0.29) is 0 Å². The zero-order chi connectivity index (χ0) is 20.3. The largest absolute Gasteiger partial charge is 0.494 e. The van der Waals surface area contributed by atoms with Gasteiger partial charge in [-0.05, 0) is 43.0 Å². The number of aliphatic imine (C=N–C) groups is 1. The fourth-order valence-corrected chi connectivity index (χ4v) is 4.25. The van der Waals surface area contributed by atoms with Gasteiger partial charge in [0.05, 0.1) is 32.4 Å². The van der Waals surface area contributed by atoms with E-state index in [0.717, 1.165) is 56.7 Å². The molecule has 29 heavy (non-hydrogen) atoms. The first-order chi connectivity index (χ1) is 14.3. The highest BCUT2D eigenvalue weighted by Gasteiger charge is 2.23. The van der Waals surface area contributed by atoms with Gasteiger partial charge in [0, 0.05) is 31.1 Å². The van der Waals surface area contributed by atoms with Crippen LogP contribution in [0.15, 0.2) is 46.8 Å². The third-order valence-electron chi connectivity index (χ3n) is 4.79. The van der Waals surface area contributed by atoms with Crippen molar-refractivity contribution < 1.29 is 9.47 Å². The van der Waals surface area contributed by atoms with E-state index in [0.29, 0.717) is 19.2 Å². The summed E-state index contributed by atoms with van der Waals surface area (Å²) in [6, 6.07) is 12.8. The van der Waals surface area contributed by atoms with Gasteiger partial charge in [0.25, 0.3) is 0 Å². The maximum Gasteiger partial charge on any atom is 0.191 e. The predicted molar refractivity (Wildman–Crippen MR) is 120 cm³/mol. The highest BCUT2D eigenvalue weighted by Crippen LogP contribution is 2.25. The van der Waals surface area contributed by atoms with Crippen LogP contribution in [0.2, 0.25) is 0 Å². The Hall–Kier alpha value is -2.09. The molecule has 2 N–H and O–H groups in total. The monoisotopic (exact) mass is 416 g/mol. The molecule has 6 nitrogen and oxygen atoms in total. The average molecular weight is 417 g/mol. The first kappa shape index (κ1) is 21.6. The Labute approximate surface area is 177 Å². The molecule has 1 unspecified atom stereocenters. The van der Waals surface area contributed by atoms with E-state index in [1.54, 1.807) is 0 Å². The molecule has 0 spiro atoms. The average Bonchev–Trinajstić information content (AvgIpc) is 3.28. The standard InChI is InChI=1S/C22H32N4O2S/c1-3-23-22(24-16-18-7-5-8-19(15-18)28-4-2)25-17-20(21-9-6-14-29-21)26-10-12-27-13-11-26/h5-9,14-15,20H,3-4,10-13,16-17H2,1-2H3,(H2,23,24,25). The fourth-order valence-electron chi connectivity index (χ4n) is 3.39. The Kier molecular flexibility index (Phi) is 8.80. The van der Waals surface area contributed by atoms with Crippen LogP contribution in [0.4, 0.5) is 0 Å². The van der Waals surface area contributed by atoms with Gasteiger partial charge in [-0.2, -0.15) is 0 Å². The molecule has 0 saturated carbocycles. The van der Waals surface area contributed by atoms with E-state index in [4.69, 9.17) is 14.5 Å². The number of nitrogens with one attached hydrogen (secondary N) is 2. The van der Waals surface area contributed by atoms with Gasteiger partial charge in [0.1, 0.15) is 5.75 Å². The van der Waals surface area contributed by atoms with Crippen molar-refractivity contribution in [2.45, 2.75) is 26.4 Å². The minimum Gasteiger partial charge on any atom is -0.494 e. The van der Waals surface area contributed by atoms with Crippen molar-refractivity contribution >= 4 is 17.3 Å². The summed E-state index contributed by atoms with van der Waals surface area (Å²) in [4.78, 5) is 8.65. The topological polar surface area (TPSA) is 58.1 Å². The molecule has 0 bridgehead atoms. The number of hydrogen-bond acceptors (Lipinski definition) is 5. The van der Waals surface area contributed by atoms with Gasteiger partial charge in [-0.1, -0.05) is 18.2 Å². The van der Waals surface area contributed by atoms with E-state index in [1.807, 2.05) is 30.4 Å². The number of benzene rings is 1. The van der Waals surface area contributed by atoms with Gasteiger partial charge < -0.3 is 20.1 Å². The highest BCUT2D eigenvalue weighted by molar-refractivity contribution is 7.10. The minimum atomic E-state index is 0.323. The number of nitrogens with zero attached hydrogens (tertiary/aromatic N) is 2. The molecule has 3 rings (SSSR count). The lowest BCUT2D eigenvalue weighted by molar-refractivity contribution is 0.0177. The predicted octanol–water partition coefficient (Wildman–Crippen LogP) is 3.28. The normalized spacial score (nSPS) is 16.4. The van der Waals surface area contributed by atoms with Crippen LogP contribution in [0, 0.1) is 0 Å². The lowest BCUT2D eigenvalue weighted by Gasteiger charge is -2.34. The molecule has 2 aromatic rings. The molecular formula is C22H32N4O2S. The number of thiophene rings is 1. The SMILES string of the molecule is CCNC(=NCc1cccc(OCC)c1)NCC(c1cccs1)N1CCOCC1. The first-order valence-electron chi connectivity index (χ1n) is 10.4. The lowest BCUT2D eigenvalue weighted by atomic mass is 10.2. The summed E-state index contributed by atoms with van der Waals surface area (Å²) in [5.41, 5.74) is 1.14. The van der Waals surface area contributed by atoms with E-state index in [2.05, 4.69) is 52.1 Å². The van der Waals surface area contributed by atoms with Crippen LogP contribution in [-0.2, 0) is 11.3 Å². The fraction of sp³-hybridized carbons (Fsp3) is 0.500. The van der Waals surface area contributed by atoms with Gasteiger partial charge in [0.15, 0.2) is 5.96 Å². The van der Waals surface area contributed by atoms with E-state index < -0.39 is 0 Å². The maximum atomic E-state index is 5.59. The Morgan fingerprint density at radius 1 is 1.21 bits per heavy atom. The Morgan fingerprint density at radius 3 is 2.79 bits per heavy atom. The quantitative estimate of drug-likeness (QED) is 0.485. The van der Waals surface area contributed by atoms with Crippen LogP contribution in [-0.4, -0.2) is 56.9 Å². The van der Waals surface area contributed by atoms with E-state index in [1.165, 1.54) is 4.88 Å². The lowest BCUT2D eigenvalue weighted by Crippen LogP contribution is -2.46. The summed E-state index contributed by atoms with van der Waals surface area (Å²) in [5, 5.41) is 9.06. The van der Waals surface area contributed by atoms with Crippen LogP contribution < -0.4 is 15.4 Å². The first-order valence-corrected chi connectivity index (χ1v) is 11.3. The highest BCUT2D eigenvalue weighted by atomic mass is 32.1. The van der Waals surface area contributed by atoms with Gasteiger partial charge in [0.2, 0.25) is 0 Å². The molecule has 1 aliphatic heterocycles. The van der Waals surface area contributed by atoms with E-state index in [9.17, 15) is 0 Å². The molecule has 0 aliphatic carbocycles. The van der Waals surface area contributed by atoms with Crippen LogP contribution in [0.5, 0.6) is 5.75 Å². The molecule has 1 aromatic carbocycles. The van der Waals surface area contributed by atoms with Crippen LogP contribution in [0.1, 0.15) is 30.3 Å². The van der Waals surface area contributed by atoms with E-state index >= 15 is 0 Å². The molecule has 1 aliphatic rings. The third kappa shape index (κ3) is 6.73. The van der Waals surface area contributed by atoms with Gasteiger partial charge >= 0.3 is 0 Å². The summed E-state index contributed by atoms with van der Waals surface area (Å²) in [7, 11) is 0. The molecule has 158 valence electrons. The number of guanidine groups is 1. The molecular weight excluding hydrogens is 384 g/mol. The van der Waals surface area contributed by atoms with Crippen LogP contribution in [0.3, 0.4) is 0 Å². The van der Waals surface area contributed by atoms with Crippen molar-refractivity contribution in [3.8, 4) is 5.75 Å². The summed E-state index contributed by atoms with van der Waals surface area (Å²) >= 11 is 1.81. The second-order valence-electron chi connectivity index (χ2n) is 6.84. The van der Waals surface area contributed by atoms with Gasteiger partial charge in [-0.15, -0.1) is 11.3 Å². The van der Waals surface area contributed by atoms with Crippen molar-refractivity contribution in [2.75, 3.05) is 46.0 Å². The molecule has 1 saturated heterocycles. The van der Waals surface area contributed by atoms with Gasteiger partial charge in [-0.3, -0.25) is 4.90 Å². The third-order valence-corrected chi connectivity index (χ3v) is 5.77. The molecule has 2 heterocycles. The Morgan fingerprint density at radius 2 is 2.07 bits per heavy atom. The smallest absolute Gasteiger partial charge is 0.191 e. The Bertz CT molecular complexity index is 745. The molecule has 7 heteroatoms. The number of hydrogen-bond donors (Lipinski definition) is 2. The molecule has 1 fully saturated rings. The van der Waals surface area contributed by atoms with Crippen molar-refractivity contribution in [2.24, 2.45) is 4.99 Å². The second kappa shape index (κ2) is 11.8.